The van der Waals surface area contributed by atoms with Crippen molar-refractivity contribution in [3.8, 4) is 0 Å². The van der Waals surface area contributed by atoms with E-state index >= 15 is 0 Å². The molecular formula is C15H18N4O3. The Morgan fingerprint density at radius 2 is 2.41 bits per heavy atom. The highest BCUT2D eigenvalue weighted by Crippen LogP contribution is 2.28. The molecule has 7 heteroatoms. The van der Waals surface area contributed by atoms with Gasteiger partial charge < -0.3 is 10.1 Å². The number of hydrogen-bond acceptors (Lipinski definition) is 5. The van der Waals surface area contributed by atoms with E-state index in [1.165, 1.54) is 0 Å². The van der Waals surface area contributed by atoms with E-state index in [1.807, 2.05) is 19.2 Å². The number of nitrogens with one attached hydrogen (secondary N) is 1. The van der Waals surface area contributed by atoms with E-state index in [0.29, 0.717) is 12.2 Å². The molecule has 1 saturated heterocycles. The van der Waals surface area contributed by atoms with Gasteiger partial charge in [0.25, 0.3) is 5.69 Å². The van der Waals surface area contributed by atoms with Crippen LogP contribution in [0.2, 0.25) is 0 Å². The summed E-state index contributed by atoms with van der Waals surface area (Å²) in [7, 11) is 0. The highest BCUT2D eigenvalue weighted by molar-refractivity contribution is 5.69. The summed E-state index contributed by atoms with van der Waals surface area (Å²) < 4.78 is 7.38. The molecule has 1 aromatic heterocycles. The van der Waals surface area contributed by atoms with Gasteiger partial charge in [0, 0.05) is 18.9 Å². The van der Waals surface area contributed by atoms with E-state index < -0.39 is 0 Å². The first-order valence-electron chi connectivity index (χ1n) is 7.28. The first-order valence-corrected chi connectivity index (χ1v) is 7.28. The standard InChI is InChI=1S/C15H18N4O3/c1-11-4-5-14(15(7-11)19(20)21)17-12-8-16-18(9-12)10-13-3-2-6-22-13/h4-5,7-9,13,17H,2-3,6,10H2,1H3. The van der Waals surface area contributed by atoms with Crippen LogP contribution in [0, 0.1) is 17.0 Å². The summed E-state index contributed by atoms with van der Waals surface area (Å²) in [6, 6.07) is 5.11. The van der Waals surface area contributed by atoms with Crippen molar-refractivity contribution in [2.24, 2.45) is 0 Å². The molecule has 1 aliphatic rings. The van der Waals surface area contributed by atoms with Crippen molar-refractivity contribution in [3.05, 3.63) is 46.3 Å². The van der Waals surface area contributed by atoms with Gasteiger partial charge in [-0.25, -0.2) is 0 Å². The van der Waals surface area contributed by atoms with Crippen molar-refractivity contribution in [2.45, 2.75) is 32.4 Å². The third-order valence-corrected chi connectivity index (χ3v) is 3.68. The molecule has 0 spiro atoms. The topological polar surface area (TPSA) is 82.2 Å². The smallest absolute Gasteiger partial charge is 0.292 e. The lowest BCUT2D eigenvalue weighted by atomic mass is 10.2. The maximum atomic E-state index is 11.1. The van der Waals surface area contributed by atoms with Crippen LogP contribution in [0.15, 0.2) is 30.6 Å². The minimum atomic E-state index is -0.383. The van der Waals surface area contributed by atoms with Crippen molar-refractivity contribution >= 4 is 17.1 Å². The molecule has 1 fully saturated rings. The number of nitro benzene ring substituents is 1. The van der Waals surface area contributed by atoms with Crippen molar-refractivity contribution in [1.82, 2.24) is 9.78 Å². The Balaban J connectivity index is 1.73. The van der Waals surface area contributed by atoms with E-state index in [4.69, 9.17) is 4.74 Å². The highest BCUT2D eigenvalue weighted by atomic mass is 16.6. The number of nitro groups is 1. The Morgan fingerprint density at radius 1 is 1.55 bits per heavy atom. The average molecular weight is 302 g/mol. The molecule has 2 aromatic rings. The summed E-state index contributed by atoms with van der Waals surface area (Å²) in [5.74, 6) is 0. The van der Waals surface area contributed by atoms with Gasteiger partial charge in [-0.15, -0.1) is 0 Å². The molecule has 1 aliphatic heterocycles. The molecular weight excluding hydrogens is 284 g/mol. The first-order chi connectivity index (χ1) is 10.6. The number of nitrogens with zero attached hydrogens (tertiary/aromatic N) is 3. The molecule has 0 amide bonds. The number of hydrogen-bond donors (Lipinski definition) is 1. The Labute approximate surface area is 128 Å². The lowest BCUT2D eigenvalue weighted by molar-refractivity contribution is -0.384. The lowest BCUT2D eigenvalue weighted by Crippen LogP contribution is -2.15. The molecule has 0 radical (unpaired) electrons. The maximum Gasteiger partial charge on any atom is 0.292 e. The molecule has 7 nitrogen and oxygen atoms in total. The summed E-state index contributed by atoms with van der Waals surface area (Å²) in [6.07, 6.45) is 5.85. The van der Waals surface area contributed by atoms with Crippen LogP contribution in [-0.4, -0.2) is 27.4 Å². The Bertz CT molecular complexity index is 677. The fourth-order valence-corrected chi connectivity index (χ4v) is 2.58. The van der Waals surface area contributed by atoms with Crippen molar-refractivity contribution in [3.63, 3.8) is 0 Å². The zero-order valence-corrected chi connectivity index (χ0v) is 12.4. The number of ether oxygens (including phenoxy) is 1. The molecule has 0 aliphatic carbocycles. The molecule has 0 saturated carbocycles. The van der Waals surface area contributed by atoms with Gasteiger partial charge in [0.05, 0.1) is 29.5 Å². The van der Waals surface area contributed by atoms with Crippen molar-refractivity contribution < 1.29 is 9.66 Å². The Hall–Kier alpha value is -2.41. The van der Waals surface area contributed by atoms with Crippen LogP contribution >= 0.6 is 0 Å². The zero-order chi connectivity index (χ0) is 15.5. The third-order valence-electron chi connectivity index (χ3n) is 3.68. The van der Waals surface area contributed by atoms with Crippen LogP contribution in [0.25, 0.3) is 0 Å². The summed E-state index contributed by atoms with van der Waals surface area (Å²) >= 11 is 0. The van der Waals surface area contributed by atoms with Gasteiger partial charge in [0.1, 0.15) is 5.69 Å². The largest absolute Gasteiger partial charge is 0.376 e. The molecule has 22 heavy (non-hydrogen) atoms. The lowest BCUT2D eigenvalue weighted by Gasteiger charge is -2.08. The van der Waals surface area contributed by atoms with Crippen LogP contribution in [-0.2, 0) is 11.3 Å². The number of benzene rings is 1. The molecule has 1 atom stereocenters. The van der Waals surface area contributed by atoms with Gasteiger partial charge in [-0.1, -0.05) is 6.07 Å². The second-order valence-electron chi connectivity index (χ2n) is 5.49. The molecule has 0 bridgehead atoms. The molecule has 1 unspecified atom stereocenters. The second-order valence-corrected chi connectivity index (χ2v) is 5.49. The van der Waals surface area contributed by atoms with Gasteiger partial charge in [-0.2, -0.15) is 5.10 Å². The Morgan fingerprint density at radius 3 is 3.14 bits per heavy atom. The highest BCUT2D eigenvalue weighted by Gasteiger charge is 2.17. The van der Waals surface area contributed by atoms with E-state index in [-0.39, 0.29) is 16.7 Å². The summed E-state index contributed by atoms with van der Waals surface area (Å²) in [5, 5.41) is 18.5. The van der Waals surface area contributed by atoms with Gasteiger partial charge in [0.2, 0.25) is 0 Å². The van der Waals surface area contributed by atoms with Crippen LogP contribution in [0.4, 0.5) is 17.1 Å². The number of anilines is 2. The second kappa shape index (κ2) is 6.15. The van der Waals surface area contributed by atoms with E-state index in [9.17, 15) is 10.1 Å². The molecule has 3 rings (SSSR count). The van der Waals surface area contributed by atoms with Crippen LogP contribution in [0.3, 0.4) is 0 Å². The summed E-state index contributed by atoms with van der Waals surface area (Å²) in [6.45, 7) is 3.35. The normalized spacial score (nSPS) is 17.6. The number of aromatic nitrogens is 2. The quantitative estimate of drug-likeness (QED) is 0.678. The van der Waals surface area contributed by atoms with E-state index in [1.54, 1.807) is 23.0 Å². The minimum absolute atomic E-state index is 0.0619. The SMILES string of the molecule is Cc1ccc(Nc2cnn(CC3CCCO3)c2)c([N+](=O)[O-])c1. The summed E-state index contributed by atoms with van der Waals surface area (Å²) in [4.78, 5) is 10.7. The Kier molecular flexibility index (Phi) is 4.06. The monoisotopic (exact) mass is 302 g/mol. The minimum Gasteiger partial charge on any atom is -0.376 e. The first kappa shape index (κ1) is 14.5. The van der Waals surface area contributed by atoms with Gasteiger partial charge in [-0.05, 0) is 31.4 Å². The predicted molar refractivity (Wildman–Crippen MR) is 82.3 cm³/mol. The summed E-state index contributed by atoms with van der Waals surface area (Å²) in [5.41, 5.74) is 2.11. The number of rotatable bonds is 5. The molecule has 1 aromatic carbocycles. The maximum absolute atomic E-state index is 11.1. The van der Waals surface area contributed by atoms with Gasteiger partial charge in [0.15, 0.2) is 0 Å². The third kappa shape index (κ3) is 3.25. The van der Waals surface area contributed by atoms with Crippen molar-refractivity contribution in [2.75, 3.05) is 11.9 Å². The fraction of sp³-hybridized carbons (Fsp3) is 0.400. The van der Waals surface area contributed by atoms with Crippen LogP contribution in [0.5, 0.6) is 0 Å². The van der Waals surface area contributed by atoms with E-state index in [2.05, 4.69) is 10.4 Å². The molecule has 116 valence electrons. The predicted octanol–water partition coefficient (Wildman–Crippen LogP) is 3.02. The molecule has 1 N–H and O–H groups in total. The van der Waals surface area contributed by atoms with Crippen LogP contribution < -0.4 is 5.32 Å². The van der Waals surface area contributed by atoms with Crippen molar-refractivity contribution in [1.29, 1.82) is 0 Å². The molecule has 2 heterocycles. The fourth-order valence-electron chi connectivity index (χ4n) is 2.58. The van der Waals surface area contributed by atoms with Crippen LogP contribution in [0.1, 0.15) is 18.4 Å². The van der Waals surface area contributed by atoms with Gasteiger partial charge in [-0.3, -0.25) is 14.8 Å². The van der Waals surface area contributed by atoms with Gasteiger partial charge >= 0.3 is 0 Å². The average Bonchev–Trinajstić information content (AvgIpc) is 3.13. The zero-order valence-electron chi connectivity index (χ0n) is 12.4. The number of aryl methyl sites for hydroxylation is 1. The van der Waals surface area contributed by atoms with E-state index in [0.717, 1.165) is 30.7 Å².